The van der Waals surface area contributed by atoms with E-state index in [1.54, 1.807) is 7.05 Å². The number of carbonyl (C=O) groups is 2. The third-order valence-electron chi connectivity index (χ3n) is 2.28. The van der Waals surface area contributed by atoms with Gasteiger partial charge in [-0.2, -0.15) is 0 Å². The largest absolute Gasteiger partial charge is 0.468 e. The van der Waals surface area contributed by atoms with Crippen molar-refractivity contribution in [2.75, 3.05) is 20.7 Å². The van der Waals surface area contributed by atoms with Crippen LogP contribution in [0.4, 0.5) is 0 Å². The predicted octanol–water partition coefficient (Wildman–Crippen LogP) is 1.58. The van der Waals surface area contributed by atoms with Crippen LogP contribution in [-0.4, -0.2) is 42.0 Å². The van der Waals surface area contributed by atoms with E-state index < -0.39 is 5.97 Å². The van der Waals surface area contributed by atoms with Crippen molar-refractivity contribution < 1.29 is 14.3 Å². The van der Waals surface area contributed by atoms with Crippen LogP contribution in [0.3, 0.4) is 0 Å². The molecule has 1 aromatic rings. The first kappa shape index (κ1) is 13.9. The summed E-state index contributed by atoms with van der Waals surface area (Å²) in [6.45, 7) is -0.129. The van der Waals surface area contributed by atoms with Crippen LogP contribution in [0.25, 0.3) is 0 Å². The molecule has 0 atom stereocenters. The maximum Gasteiger partial charge on any atom is 0.325 e. The number of amides is 1. The van der Waals surface area contributed by atoms with Gasteiger partial charge >= 0.3 is 5.97 Å². The second kappa shape index (κ2) is 5.42. The summed E-state index contributed by atoms with van der Waals surface area (Å²) in [4.78, 5) is 24.2. The Labute approximate surface area is 109 Å². The van der Waals surface area contributed by atoms with Gasteiger partial charge in [0.2, 0.25) is 0 Å². The number of nitrogens with zero attached hydrogens (tertiary/aromatic N) is 2. The molecular weight excluding hydrogens is 267 g/mol. The summed E-state index contributed by atoms with van der Waals surface area (Å²) in [5.74, 6) is -0.848. The molecule has 1 rings (SSSR count). The Balaban J connectivity index is 2.89. The summed E-state index contributed by atoms with van der Waals surface area (Å²) in [7, 11) is 4.37. The molecule has 0 N–H and O–H groups in total. The van der Waals surface area contributed by atoms with Crippen molar-refractivity contribution in [3.63, 3.8) is 0 Å². The number of carbonyl (C=O) groups excluding carboxylic acids is 2. The zero-order valence-corrected chi connectivity index (χ0v) is 11.2. The SMILES string of the molecule is COC(=O)CN(C)C(=O)c1cc(Cl)c(Cl)n1C. The fraction of sp³-hybridized carbons (Fsp3) is 0.400. The second-order valence-electron chi connectivity index (χ2n) is 3.46. The maximum atomic E-state index is 12.0. The Morgan fingerprint density at radius 1 is 1.47 bits per heavy atom. The Bertz CT molecular complexity index is 457. The highest BCUT2D eigenvalue weighted by Gasteiger charge is 2.20. The van der Waals surface area contributed by atoms with Gasteiger partial charge < -0.3 is 14.2 Å². The Kier molecular flexibility index (Phi) is 4.42. The Hall–Kier alpha value is -1.20. The lowest BCUT2D eigenvalue weighted by Gasteiger charge is -2.15. The number of hydrogen-bond acceptors (Lipinski definition) is 3. The van der Waals surface area contributed by atoms with E-state index in [1.807, 2.05) is 0 Å². The molecule has 0 radical (unpaired) electrons. The Morgan fingerprint density at radius 2 is 2.06 bits per heavy atom. The molecule has 1 amide bonds. The summed E-state index contributed by atoms with van der Waals surface area (Å²) in [5, 5.41) is 0.575. The molecule has 17 heavy (non-hydrogen) atoms. The standard InChI is InChI=1S/C10H12Cl2N2O3/c1-13(5-8(15)17-3)10(16)7-4-6(11)9(12)14(7)2/h4H,5H2,1-3H3. The van der Waals surface area contributed by atoms with Crippen molar-refractivity contribution in [3.05, 3.63) is 21.9 Å². The molecule has 0 saturated heterocycles. The van der Waals surface area contributed by atoms with Crippen molar-refractivity contribution in [3.8, 4) is 0 Å². The summed E-state index contributed by atoms with van der Waals surface area (Å²) in [6.07, 6.45) is 0. The van der Waals surface area contributed by atoms with Crippen LogP contribution in [-0.2, 0) is 16.6 Å². The van der Waals surface area contributed by atoms with Gasteiger partial charge in [0.25, 0.3) is 5.91 Å². The predicted molar refractivity (Wildman–Crippen MR) is 64.4 cm³/mol. The highest BCUT2D eigenvalue weighted by Crippen LogP contribution is 2.25. The molecule has 94 valence electrons. The topological polar surface area (TPSA) is 51.5 Å². The minimum absolute atomic E-state index is 0.129. The molecule has 0 aromatic carbocycles. The minimum atomic E-state index is -0.493. The van der Waals surface area contributed by atoms with Crippen molar-refractivity contribution in [1.29, 1.82) is 0 Å². The zero-order chi connectivity index (χ0) is 13.2. The molecule has 0 saturated carbocycles. The minimum Gasteiger partial charge on any atom is -0.468 e. The van der Waals surface area contributed by atoms with Gasteiger partial charge in [-0.3, -0.25) is 9.59 Å². The van der Waals surface area contributed by atoms with Crippen molar-refractivity contribution in [1.82, 2.24) is 9.47 Å². The lowest BCUT2D eigenvalue weighted by Crippen LogP contribution is -2.33. The molecule has 7 heteroatoms. The first-order valence-electron chi connectivity index (χ1n) is 4.71. The molecule has 0 bridgehead atoms. The molecule has 0 aliphatic carbocycles. The normalized spacial score (nSPS) is 10.2. The van der Waals surface area contributed by atoms with Gasteiger partial charge in [-0.1, -0.05) is 23.2 Å². The summed E-state index contributed by atoms with van der Waals surface area (Å²) in [5.41, 5.74) is 0.311. The van der Waals surface area contributed by atoms with E-state index in [1.165, 1.54) is 29.7 Å². The molecule has 0 aliphatic heterocycles. The van der Waals surface area contributed by atoms with Gasteiger partial charge in [-0.25, -0.2) is 0 Å². The number of halogens is 2. The fourth-order valence-corrected chi connectivity index (χ4v) is 1.65. The lowest BCUT2D eigenvalue weighted by molar-refractivity contribution is -0.141. The van der Waals surface area contributed by atoms with Crippen LogP contribution in [0.15, 0.2) is 6.07 Å². The number of hydrogen-bond donors (Lipinski definition) is 0. The van der Waals surface area contributed by atoms with Gasteiger partial charge in [0.1, 0.15) is 17.4 Å². The van der Waals surface area contributed by atoms with Crippen LogP contribution in [0.2, 0.25) is 10.2 Å². The van der Waals surface area contributed by atoms with E-state index in [0.717, 1.165) is 0 Å². The van der Waals surface area contributed by atoms with Crippen LogP contribution >= 0.6 is 23.2 Å². The van der Waals surface area contributed by atoms with Crippen LogP contribution in [0.5, 0.6) is 0 Å². The number of aromatic nitrogens is 1. The van der Waals surface area contributed by atoms with Crippen molar-refractivity contribution in [2.45, 2.75) is 0 Å². The highest BCUT2D eigenvalue weighted by molar-refractivity contribution is 6.41. The van der Waals surface area contributed by atoms with Gasteiger partial charge in [0.15, 0.2) is 0 Å². The highest BCUT2D eigenvalue weighted by atomic mass is 35.5. The smallest absolute Gasteiger partial charge is 0.325 e. The summed E-state index contributed by atoms with van der Waals surface area (Å²) < 4.78 is 5.93. The summed E-state index contributed by atoms with van der Waals surface area (Å²) >= 11 is 11.7. The molecule has 0 fully saturated rings. The van der Waals surface area contributed by atoms with Gasteiger partial charge in [-0.15, -0.1) is 0 Å². The van der Waals surface area contributed by atoms with Crippen molar-refractivity contribution in [2.24, 2.45) is 7.05 Å². The van der Waals surface area contributed by atoms with Crippen LogP contribution in [0, 0.1) is 0 Å². The van der Waals surface area contributed by atoms with E-state index in [0.29, 0.717) is 10.7 Å². The number of likely N-dealkylation sites (N-methyl/N-ethyl adjacent to an activating group) is 1. The van der Waals surface area contributed by atoms with Gasteiger partial charge in [0, 0.05) is 14.1 Å². The molecular formula is C10H12Cl2N2O3. The molecule has 0 spiro atoms. The number of esters is 1. The van der Waals surface area contributed by atoms with Crippen LogP contribution < -0.4 is 0 Å². The van der Waals surface area contributed by atoms with E-state index in [9.17, 15) is 9.59 Å². The third-order valence-corrected chi connectivity index (χ3v) is 3.12. The first-order valence-corrected chi connectivity index (χ1v) is 5.47. The molecule has 1 aromatic heterocycles. The monoisotopic (exact) mass is 278 g/mol. The number of methoxy groups -OCH3 is 1. The van der Waals surface area contributed by atoms with E-state index >= 15 is 0 Å². The Morgan fingerprint density at radius 3 is 2.47 bits per heavy atom. The fourth-order valence-electron chi connectivity index (χ4n) is 1.27. The zero-order valence-electron chi connectivity index (χ0n) is 9.66. The first-order chi connectivity index (χ1) is 7.88. The second-order valence-corrected chi connectivity index (χ2v) is 4.23. The molecule has 0 aliphatic rings. The maximum absolute atomic E-state index is 12.0. The summed E-state index contributed by atoms with van der Waals surface area (Å²) in [6, 6.07) is 1.46. The third kappa shape index (κ3) is 2.92. The van der Waals surface area contributed by atoms with E-state index in [4.69, 9.17) is 23.2 Å². The average Bonchev–Trinajstić information content (AvgIpc) is 2.55. The molecule has 0 unspecified atom stereocenters. The quantitative estimate of drug-likeness (QED) is 0.789. The van der Waals surface area contributed by atoms with Gasteiger partial charge in [-0.05, 0) is 6.07 Å². The average molecular weight is 279 g/mol. The number of ether oxygens (including phenoxy) is 1. The van der Waals surface area contributed by atoms with E-state index in [-0.39, 0.29) is 17.6 Å². The lowest BCUT2D eigenvalue weighted by atomic mass is 10.3. The van der Waals surface area contributed by atoms with Gasteiger partial charge in [0.05, 0.1) is 12.1 Å². The van der Waals surface area contributed by atoms with Crippen molar-refractivity contribution >= 4 is 35.1 Å². The molecule has 5 nitrogen and oxygen atoms in total. The van der Waals surface area contributed by atoms with Crippen LogP contribution in [0.1, 0.15) is 10.5 Å². The molecule has 1 heterocycles. The van der Waals surface area contributed by atoms with E-state index in [2.05, 4.69) is 4.74 Å². The number of rotatable bonds is 3.